The predicted octanol–water partition coefficient (Wildman–Crippen LogP) is 1.41. The van der Waals surface area contributed by atoms with Gasteiger partial charge in [0.1, 0.15) is 0 Å². The largest absolute Gasteiger partial charge is 0.387 e. The number of benzene rings is 1. The highest BCUT2D eigenvalue weighted by atomic mass is 16.6. The minimum atomic E-state index is -0.932. The summed E-state index contributed by atoms with van der Waals surface area (Å²) in [5.41, 5.74) is 5.11. The van der Waals surface area contributed by atoms with Crippen molar-refractivity contribution < 1.29 is 14.8 Å². The van der Waals surface area contributed by atoms with Crippen molar-refractivity contribution in [3.63, 3.8) is 0 Å². The average molecular weight is 307 g/mol. The van der Waals surface area contributed by atoms with Crippen molar-refractivity contribution in [2.75, 3.05) is 6.54 Å². The first kappa shape index (κ1) is 16.4. The zero-order valence-corrected chi connectivity index (χ0v) is 12.3. The van der Waals surface area contributed by atoms with Crippen molar-refractivity contribution in [1.82, 2.24) is 5.32 Å². The molecule has 0 aliphatic heterocycles. The molecule has 0 saturated heterocycles. The molecule has 4 N–H and O–H groups in total. The molecule has 22 heavy (non-hydrogen) atoms. The lowest BCUT2D eigenvalue weighted by Crippen LogP contribution is -2.57. The lowest BCUT2D eigenvalue weighted by molar-refractivity contribution is -0.385. The molecule has 0 radical (unpaired) electrons. The van der Waals surface area contributed by atoms with Crippen LogP contribution in [0.2, 0.25) is 0 Å². The molecular formula is C15H21N3O4. The summed E-state index contributed by atoms with van der Waals surface area (Å²) in [6.45, 7) is 0.129. The van der Waals surface area contributed by atoms with E-state index in [9.17, 15) is 20.0 Å². The van der Waals surface area contributed by atoms with Crippen LogP contribution in [0, 0.1) is 10.1 Å². The minimum absolute atomic E-state index is 0.0705. The number of aliphatic hydroxyl groups excluding tert-OH is 1. The van der Waals surface area contributed by atoms with Gasteiger partial charge in [0.2, 0.25) is 5.91 Å². The molecular weight excluding hydrogens is 286 g/mol. The normalized spacial score (nSPS) is 18.6. The summed E-state index contributed by atoms with van der Waals surface area (Å²) in [6.07, 6.45) is 3.29. The number of amides is 1. The minimum Gasteiger partial charge on any atom is -0.387 e. The zero-order valence-electron chi connectivity index (χ0n) is 12.3. The number of non-ortho nitro benzene ring substituents is 1. The molecule has 0 bridgehead atoms. The summed E-state index contributed by atoms with van der Waals surface area (Å²) in [4.78, 5) is 22.0. The van der Waals surface area contributed by atoms with Gasteiger partial charge in [-0.3, -0.25) is 14.9 Å². The molecule has 0 heterocycles. The fraction of sp³-hybridized carbons (Fsp3) is 0.533. The van der Waals surface area contributed by atoms with Crippen LogP contribution in [0.15, 0.2) is 24.3 Å². The van der Waals surface area contributed by atoms with Gasteiger partial charge in [-0.2, -0.15) is 0 Å². The highest BCUT2D eigenvalue weighted by Gasteiger charge is 2.37. The average Bonchev–Trinajstić information content (AvgIpc) is 2.53. The van der Waals surface area contributed by atoms with E-state index >= 15 is 0 Å². The number of hydrogen-bond donors (Lipinski definition) is 3. The van der Waals surface area contributed by atoms with E-state index in [1.807, 2.05) is 0 Å². The van der Waals surface area contributed by atoms with Crippen molar-refractivity contribution in [3.05, 3.63) is 39.9 Å². The Balaban J connectivity index is 2.05. The Morgan fingerprint density at radius 2 is 2.09 bits per heavy atom. The van der Waals surface area contributed by atoms with Crippen molar-refractivity contribution in [2.45, 2.75) is 43.7 Å². The number of nitrogens with zero attached hydrogens (tertiary/aromatic N) is 1. The molecule has 1 fully saturated rings. The van der Waals surface area contributed by atoms with Gasteiger partial charge in [-0.15, -0.1) is 0 Å². The molecule has 120 valence electrons. The summed E-state index contributed by atoms with van der Waals surface area (Å²) in [7, 11) is 0. The number of nitrogens with two attached hydrogens (primary N) is 1. The van der Waals surface area contributed by atoms with Crippen LogP contribution in [0.5, 0.6) is 0 Å². The second-order valence-corrected chi connectivity index (χ2v) is 5.76. The second kappa shape index (κ2) is 6.85. The van der Waals surface area contributed by atoms with Gasteiger partial charge in [0.25, 0.3) is 5.69 Å². The highest BCUT2D eigenvalue weighted by molar-refractivity contribution is 5.84. The topological polar surface area (TPSA) is 118 Å². The molecule has 1 unspecified atom stereocenters. The molecule has 1 aliphatic rings. The standard InChI is InChI=1S/C15H21N3O4/c16-14(20)15(7-2-1-3-8-15)17-10-13(19)11-5-4-6-12(9-11)18(21)22/h4-6,9,13,17,19H,1-3,7-8,10H2,(H2,16,20). The summed E-state index contributed by atoms with van der Waals surface area (Å²) in [6, 6.07) is 5.86. The first-order valence-electron chi connectivity index (χ1n) is 7.42. The van der Waals surface area contributed by atoms with E-state index in [4.69, 9.17) is 5.73 Å². The maximum absolute atomic E-state index is 11.8. The third-order valence-corrected chi connectivity index (χ3v) is 4.28. The van der Waals surface area contributed by atoms with Crippen LogP contribution in [0.3, 0.4) is 0 Å². The Morgan fingerprint density at radius 1 is 1.41 bits per heavy atom. The fourth-order valence-electron chi connectivity index (χ4n) is 2.92. The first-order chi connectivity index (χ1) is 10.4. The van der Waals surface area contributed by atoms with Gasteiger partial charge >= 0.3 is 0 Å². The number of carbonyl (C=O) groups excluding carboxylic acids is 1. The number of nitro groups is 1. The molecule has 7 heteroatoms. The van der Waals surface area contributed by atoms with Crippen LogP contribution in [0.4, 0.5) is 5.69 Å². The molecule has 1 aromatic rings. The molecule has 1 aromatic carbocycles. The summed E-state index contributed by atoms with van der Waals surface area (Å²) in [5, 5.41) is 24.1. The Hall–Kier alpha value is -1.99. The Bertz CT molecular complexity index is 555. The van der Waals surface area contributed by atoms with Gasteiger partial charge in [0.05, 0.1) is 16.6 Å². The van der Waals surface area contributed by atoms with Gasteiger partial charge < -0.3 is 16.2 Å². The molecule has 1 atom stereocenters. The number of primary amides is 1. The van der Waals surface area contributed by atoms with E-state index in [1.165, 1.54) is 18.2 Å². The third-order valence-electron chi connectivity index (χ3n) is 4.28. The van der Waals surface area contributed by atoms with Gasteiger partial charge in [0, 0.05) is 18.7 Å². The van der Waals surface area contributed by atoms with E-state index in [-0.39, 0.29) is 12.2 Å². The Morgan fingerprint density at radius 3 is 2.68 bits per heavy atom. The van der Waals surface area contributed by atoms with Gasteiger partial charge in [-0.1, -0.05) is 31.4 Å². The van der Waals surface area contributed by atoms with Crippen molar-refractivity contribution >= 4 is 11.6 Å². The summed E-state index contributed by atoms with van der Waals surface area (Å²) in [5.74, 6) is -0.404. The molecule has 0 spiro atoms. The lowest BCUT2D eigenvalue weighted by atomic mass is 9.81. The number of hydrogen-bond acceptors (Lipinski definition) is 5. The summed E-state index contributed by atoms with van der Waals surface area (Å²) < 4.78 is 0. The molecule has 1 aliphatic carbocycles. The van der Waals surface area contributed by atoms with E-state index in [0.717, 1.165) is 19.3 Å². The van der Waals surface area contributed by atoms with Gasteiger partial charge in [0.15, 0.2) is 0 Å². The molecule has 1 saturated carbocycles. The maximum Gasteiger partial charge on any atom is 0.269 e. The van der Waals surface area contributed by atoms with Crippen LogP contribution >= 0.6 is 0 Å². The van der Waals surface area contributed by atoms with Crippen LogP contribution in [0.1, 0.15) is 43.8 Å². The lowest BCUT2D eigenvalue weighted by Gasteiger charge is -2.36. The summed E-state index contributed by atoms with van der Waals surface area (Å²) >= 11 is 0. The number of nitro benzene ring substituents is 1. The van der Waals surface area contributed by atoms with Crippen LogP contribution < -0.4 is 11.1 Å². The van der Waals surface area contributed by atoms with Crippen molar-refractivity contribution in [1.29, 1.82) is 0 Å². The van der Waals surface area contributed by atoms with Crippen molar-refractivity contribution in [3.8, 4) is 0 Å². The van der Waals surface area contributed by atoms with Gasteiger partial charge in [-0.05, 0) is 18.4 Å². The van der Waals surface area contributed by atoms with Crippen molar-refractivity contribution in [2.24, 2.45) is 5.73 Å². The smallest absolute Gasteiger partial charge is 0.269 e. The molecule has 1 amide bonds. The van der Waals surface area contributed by atoms with Crippen LogP contribution in [-0.2, 0) is 4.79 Å². The maximum atomic E-state index is 11.8. The number of β-amino-alcohol motifs (C(OH)–C–C–N with tert-alkyl or cyclic N) is 1. The van der Waals surface area contributed by atoms with E-state index < -0.39 is 22.5 Å². The number of carbonyl (C=O) groups is 1. The SMILES string of the molecule is NC(=O)C1(NCC(O)c2cccc([N+](=O)[O-])c2)CCCCC1. The number of rotatable bonds is 6. The van der Waals surface area contributed by atoms with E-state index in [0.29, 0.717) is 18.4 Å². The molecule has 7 nitrogen and oxygen atoms in total. The van der Waals surface area contributed by atoms with Gasteiger partial charge in [-0.25, -0.2) is 0 Å². The van der Waals surface area contributed by atoms with E-state index in [2.05, 4.69) is 5.32 Å². The number of nitrogens with one attached hydrogen (secondary N) is 1. The number of aliphatic hydroxyl groups is 1. The molecule has 0 aromatic heterocycles. The first-order valence-corrected chi connectivity index (χ1v) is 7.42. The highest BCUT2D eigenvalue weighted by Crippen LogP contribution is 2.28. The quantitative estimate of drug-likeness (QED) is 0.542. The predicted molar refractivity (Wildman–Crippen MR) is 81.1 cm³/mol. The van der Waals surface area contributed by atoms with Crippen LogP contribution in [-0.4, -0.2) is 28.0 Å². The van der Waals surface area contributed by atoms with Crippen LogP contribution in [0.25, 0.3) is 0 Å². The fourth-order valence-corrected chi connectivity index (χ4v) is 2.92. The van der Waals surface area contributed by atoms with E-state index in [1.54, 1.807) is 6.07 Å². The monoisotopic (exact) mass is 307 g/mol. The Kier molecular flexibility index (Phi) is 5.10. The Labute approximate surface area is 128 Å². The molecule has 2 rings (SSSR count). The zero-order chi connectivity index (χ0) is 16.2. The second-order valence-electron chi connectivity index (χ2n) is 5.76. The third kappa shape index (κ3) is 3.61.